The second-order valence-electron chi connectivity index (χ2n) is 8.25. The number of anilines is 2. The minimum Gasteiger partial charge on any atom is -0.428 e. The molecule has 1 saturated carbocycles. The number of ether oxygens (including phenoxy) is 2. The summed E-state index contributed by atoms with van der Waals surface area (Å²) in [6.07, 6.45) is -8.99. The fourth-order valence-electron chi connectivity index (χ4n) is 3.55. The minimum atomic E-state index is -5.49. The molecule has 0 aromatic carbocycles. The molecule has 3 rings (SSSR count). The molecule has 38 heavy (non-hydrogen) atoms. The average molecular weight is 551 g/mol. The van der Waals surface area contributed by atoms with E-state index in [0.29, 0.717) is 43.6 Å². The van der Waals surface area contributed by atoms with Gasteiger partial charge in [-0.25, -0.2) is 14.8 Å². The first-order valence-corrected chi connectivity index (χ1v) is 11.2. The Kier molecular flexibility index (Phi) is 8.78. The molecular weight excluding hydrogens is 528 g/mol. The van der Waals surface area contributed by atoms with E-state index >= 15 is 0 Å². The van der Waals surface area contributed by atoms with E-state index < -0.39 is 48.3 Å². The highest BCUT2D eigenvalue weighted by Crippen LogP contribution is 2.28. The van der Waals surface area contributed by atoms with Crippen molar-refractivity contribution >= 4 is 23.6 Å². The SMILES string of the molecule is CNc1nc(NC2CCC(NC(=O)C(OC(=O)C(F)(F)F)Oc3ccnc(C(F)(F)F)n3)CC2)ncc1C. The van der Waals surface area contributed by atoms with E-state index in [1.807, 2.05) is 6.92 Å². The molecule has 1 aliphatic carbocycles. The molecule has 0 radical (unpaired) electrons. The summed E-state index contributed by atoms with van der Waals surface area (Å²) < 4.78 is 85.7. The zero-order valence-electron chi connectivity index (χ0n) is 20.0. The standard InChI is InChI=1S/C21H23F6N7O4/c1-10-9-30-19(34-14(10)28-2)32-12-5-3-11(4-6-12)31-15(35)16(38-18(36)21(25,26)27)37-13-7-8-29-17(33-13)20(22,23)24/h7-9,11-12,16H,3-6H2,1-2H3,(H,31,35)(H2,28,30,32,34). The summed E-state index contributed by atoms with van der Waals surface area (Å²) in [6, 6.07) is 0.159. The van der Waals surface area contributed by atoms with Gasteiger partial charge in [0.25, 0.3) is 0 Å². The summed E-state index contributed by atoms with van der Waals surface area (Å²) >= 11 is 0. The molecule has 11 nitrogen and oxygen atoms in total. The maximum atomic E-state index is 12.9. The van der Waals surface area contributed by atoms with Crippen LogP contribution in [0.15, 0.2) is 18.5 Å². The van der Waals surface area contributed by atoms with Crippen LogP contribution < -0.4 is 20.7 Å². The monoisotopic (exact) mass is 551 g/mol. The number of hydrogen-bond donors (Lipinski definition) is 3. The van der Waals surface area contributed by atoms with Gasteiger partial charge < -0.3 is 25.4 Å². The number of aryl methyl sites for hydroxylation is 1. The molecule has 1 amide bonds. The molecule has 17 heteroatoms. The van der Waals surface area contributed by atoms with Crippen LogP contribution in [0.3, 0.4) is 0 Å². The van der Waals surface area contributed by atoms with Crippen LogP contribution in [0.4, 0.5) is 38.1 Å². The highest BCUT2D eigenvalue weighted by Gasteiger charge is 2.44. The number of carbonyl (C=O) groups is 2. The number of nitrogens with zero attached hydrogens (tertiary/aromatic N) is 4. The van der Waals surface area contributed by atoms with E-state index in [2.05, 4.69) is 40.6 Å². The molecule has 1 aliphatic rings. The van der Waals surface area contributed by atoms with Gasteiger partial charge in [-0.05, 0) is 32.6 Å². The predicted molar refractivity (Wildman–Crippen MR) is 118 cm³/mol. The van der Waals surface area contributed by atoms with E-state index in [1.54, 1.807) is 13.2 Å². The van der Waals surface area contributed by atoms with Crippen LogP contribution in [0, 0.1) is 6.92 Å². The first kappa shape index (κ1) is 28.6. The zero-order chi connectivity index (χ0) is 28.1. The molecular formula is C21H23F6N7O4. The fourth-order valence-corrected chi connectivity index (χ4v) is 3.55. The van der Waals surface area contributed by atoms with E-state index in [4.69, 9.17) is 4.74 Å². The van der Waals surface area contributed by atoms with Crippen molar-refractivity contribution in [2.24, 2.45) is 0 Å². The van der Waals surface area contributed by atoms with Crippen LogP contribution in [0.25, 0.3) is 0 Å². The third-order valence-electron chi connectivity index (χ3n) is 5.39. The molecule has 3 N–H and O–H groups in total. The van der Waals surface area contributed by atoms with Crippen LogP contribution >= 0.6 is 0 Å². The Bertz CT molecular complexity index is 1140. The Balaban J connectivity index is 1.63. The van der Waals surface area contributed by atoms with Gasteiger partial charge in [0, 0.05) is 43.2 Å². The zero-order valence-corrected chi connectivity index (χ0v) is 20.0. The Morgan fingerprint density at radius 1 is 1.03 bits per heavy atom. The molecule has 1 fully saturated rings. The number of halogens is 6. The van der Waals surface area contributed by atoms with Gasteiger partial charge in [-0.1, -0.05) is 0 Å². The second kappa shape index (κ2) is 11.6. The first-order valence-electron chi connectivity index (χ1n) is 11.2. The molecule has 1 unspecified atom stereocenters. The second-order valence-corrected chi connectivity index (χ2v) is 8.25. The number of amides is 1. The maximum absolute atomic E-state index is 12.9. The largest absolute Gasteiger partial charge is 0.491 e. The number of hydrogen-bond acceptors (Lipinski definition) is 10. The normalized spacial score (nSPS) is 18.7. The minimum absolute atomic E-state index is 0.0625. The van der Waals surface area contributed by atoms with Crippen molar-refractivity contribution in [3.63, 3.8) is 0 Å². The lowest BCUT2D eigenvalue weighted by Gasteiger charge is -2.30. The molecule has 208 valence electrons. The van der Waals surface area contributed by atoms with Crippen molar-refractivity contribution in [1.29, 1.82) is 0 Å². The molecule has 0 bridgehead atoms. The average Bonchev–Trinajstić information content (AvgIpc) is 2.85. The summed E-state index contributed by atoms with van der Waals surface area (Å²) in [4.78, 5) is 38.5. The van der Waals surface area contributed by atoms with Crippen LogP contribution in [0.5, 0.6) is 5.88 Å². The van der Waals surface area contributed by atoms with Crippen LogP contribution in [0.2, 0.25) is 0 Å². The van der Waals surface area contributed by atoms with Gasteiger partial charge in [0.2, 0.25) is 17.7 Å². The number of aromatic nitrogens is 4. The summed E-state index contributed by atoms with van der Waals surface area (Å²) in [5.74, 6) is -5.62. The number of nitrogens with one attached hydrogen (secondary N) is 3. The quantitative estimate of drug-likeness (QED) is 0.255. The molecule has 2 aromatic rings. The van der Waals surface area contributed by atoms with Crippen LogP contribution in [0.1, 0.15) is 37.1 Å². The Hall–Kier alpha value is -3.92. The van der Waals surface area contributed by atoms with Crippen molar-refractivity contribution in [2.75, 3.05) is 17.7 Å². The first-order chi connectivity index (χ1) is 17.8. The van der Waals surface area contributed by atoms with Gasteiger partial charge in [-0.2, -0.15) is 36.3 Å². The van der Waals surface area contributed by atoms with E-state index in [1.165, 1.54) is 0 Å². The van der Waals surface area contributed by atoms with Crippen LogP contribution in [-0.4, -0.2) is 63.4 Å². The lowest BCUT2D eigenvalue weighted by atomic mass is 9.91. The molecule has 2 aromatic heterocycles. The highest BCUT2D eigenvalue weighted by atomic mass is 19.4. The smallest absolute Gasteiger partial charge is 0.428 e. The Morgan fingerprint density at radius 2 is 1.68 bits per heavy atom. The number of alkyl halides is 6. The predicted octanol–water partition coefficient (Wildman–Crippen LogP) is 2.99. The van der Waals surface area contributed by atoms with Crippen molar-refractivity contribution in [3.8, 4) is 5.88 Å². The lowest BCUT2D eigenvalue weighted by molar-refractivity contribution is -0.216. The van der Waals surface area contributed by atoms with Crippen molar-refractivity contribution in [2.45, 2.75) is 63.3 Å². The van der Waals surface area contributed by atoms with E-state index in [0.717, 1.165) is 11.6 Å². The van der Waals surface area contributed by atoms with E-state index in [-0.39, 0.29) is 6.04 Å². The van der Waals surface area contributed by atoms with Gasteiger partial charge in [0.05, 0.1) is 0 Å². The topological polar surface area (TPSA) is 140 Å². The lowest BCUT2D eigenvalue weighted by Crippen LogP contribution is -2.49. The van der Waals surface area contributed by atoms with Gasteiger partial charge in [-0.3, -0.25) is 4.79 Å². The van der Waals surface area contributed by atoms with Gasteiger partial charge in [0.1, 0.15) is 5.82 Å². The molecule has 1 atom stereocenters. The van der Waals surface area contributed by atoms with Gasteiger partial charge in [-0.15, -0.1) is 0 Å². The summed E-state index contributed by atoms with van der Waals surface area (Å²) in [7, 11) is 1.72. The van der Waals surface area contributed by atoms with Crippen molar-refractivity contribution in [1.82, 2.24) is 25.3 Å². The number of esters is 1. The highest BCUT2D eigenvalue weighted by molar-refractivity contribution is 5.84. The number of carbonyl (C=O) groups excluding carboxylic acids is 2. The molecule has 0 aliphatic heterocycles. The van der Waals surface area contributed by atoms with Crippen LogP contribution in [-0.2, 0) is 20.5 Å². The van der Waals surface area contributed by atoms with Crippen molar-refractivity contribution in [3.05, 3.63) is 29.8 Å². The number of rotatable bonds is 8. The summed E-state index contributed by atoms with van der Waals surface area (Å²) in [6.45, 7) is 1.84. The summed E-state index contributed by atoms with van der Waals surface area (Å²) in [5.41, 5.74) is 0.851. The van der Waals surface area contributed by atoms with Crippen molar-refractivity contribution < 1.29 is 45.4 Å². The molecule has 2 heterocycles. The summed E-state index contributed by atoms with van der Waals surface area (Å²) in [5, 5.41) is 8.52. The van der Waals surface area contributed by atoms with Gasteiger partial charge in [0.15, 0.2) is 0 Å². The molecule has 0 spiro atoms. The van der Waals surface area contributed by atoms with E-state index in [9.17, 15) is 35.9 Å². The Morgan fingerprint density at radius 3 is 2.29 bits per heavy atom. The third kappa shape index (κ3) is 7.79. The fraction of sp³-hybridized carbons (Fsp3) is 0.524. The Labute approximate surface area is 211 Å². The maximum Gasteiger partial charge on any atom is 0.491 e. The third-order valence-corrected chi connectivity index (χ3v) is 5.39. The molecule has 0 saturated heterocycles. The van der Waals surface area contributed by atoms with Gasteiger partial charge >= 0.3 is 30.5 Å².